The summed E-state index contributed by atoms with van der Waals surface area (Å²) in [5.74, 6) is 5.02. The number of fused-ring (bicyclic) bond motifs is 5. The highest BCUT2D eigenvalue weighted by Gasteiger charge is 2.59. The van der Waals surface area contributed by atoms with Crippen molar-refractivity contribution < 1.29 is 9.90 Å². The fraction of sp³-hybridized carbons (Fsp3) is 0.909. The predicted molar refractivity (Wildman–Crippen MR) is 159 cm³/mol. The van der Waals surface area contributed by atoms with Crippen LogP contribution in [0.2, 0.25) is 0 Å². The molecule has 0 aromatic carbocycles. The molecule has 2 unspecified atom stereocenters. The van der Waals surface area contributed by atoms with Gasteiger partial charge >= 0.3 is 0 Å². The largest absolute Gasteiger partial charge is 0.393 e. The number of carbonyl (C=O) groups is 1. The normalized spacial score (nSPS) is 37.7. The third-order valence-electron chi connectivity index (χ3n) is 11.6. The standard InChI is InChI=1S/C27H46O.C6H15N3O/c1-18(2)7-6-8-19(3)23-11-12-24-22-10-9-20-17-21(28)13-15-26(20,4)25(22)14-16-27(23,24)5;7-4-2-1-3-5(8)6(9)10/h9,18-19,21-25,28H,6-8,10-17H2,1-5H3;5H,1-4,7-8H2,(H2,9,10)/t19?,21-,22-,23+,24-,25-,26-,27+;/m0./s1. The quantitative estimate of drug-likeness (QED) is 0.195. The molecule has 3 saturated carbocycles. The maximum absolute atomic E-state index is 10.4. The number of aliphatic hydroxyl groups is 1. The van der Waals surface area contributed by atoms with Gasteiger partial charge in [0, 0.05) is 0 Å². The molecule has 5 nitrogen and oxygen atoms in total. The molecule has 4 aliphatic rings. The molecular formula is C33H61N3O2. The molecule has 5 heteroatoms. The minimum atomic E-state index is -0.494. The van der Waals surface area contributed by atoms with Gasteiger partial charge in [0.15, 0.2) is 0 Å². The summed E-state index contributed by atoms with van der Waals surface area (Å²) in [6, 6.07) is -0.494. The highest BCUT2D eigenvalue weighted by molar-refractivity contribution is 5.79. The van der Waals surface area contributed by atoms with Crippen molar-refractivity contribution in [2.75, 3.05) is 6.54 Å². The summed E-state index contributed by atoms with van der Waals surface area (Å²) in [5, 5.41) is 10.2. The molecule has 3 fully saturated rings. The average molecular weight is 532 g/mol. The fourth-order valence-electron chi connectivity index (χ4n) is 9.32. The molecule has 0 spiro atoms. The lowest BCUT2D eigenvalue weighted by atomic mass is 9.47. The predicted octanol–water partition coefficient (Wildman–Crippen LogP) is 6.32. The maximum atomic E-state index is 10.4. The van der Waals surface area contributed by atoms with Crippen LogP contribution in [-0.4, -0.2) is 29.7 Å². The van der Waals surface area contributed by atoms with E-state index in [1.807, 2.05) is 0 Å². The Morgan fingerprint density at radius 1 is 1.00 bits per heavy atom. The van der Waals surface area contributed by atoms with Crippen LogP contribution in [0.15, 0.2) is 11.6 Å². The van der Waals surface area contributed by atoms with Gasteiger partial charge in [0.05, 0.1) is 12.1 Å². The van der Waals surface area contributed by atoms with Gasteiger partial charge in [-0.05, 0) is 117 Å². The van der Waals surface area contributed by atoms with Gasteiger partial charge in [-0.1, -0.05) is 72.0 Å². The van der Waals surface area contributed by atoms with Gasteiger partial charge in [0.2, 0.25) is 5.91 Å². The van der Waals surface area contributed by atoms with Gasteiger partial charge in [-0.2, -0.15) is 0 Å². The number of nitrogens with two attached hydrogens (primary N) is 3. The molecule has 0 heterocycles. The van der Waals surface area contributed by atoms with Crippen LogP contribution < -0.4 is 17.2 Å². The van der Waals surface area contributed by atoms with Crippen molar-refractivity contribution in [3.8, 4) is 0 Å². The number of amides is 1. The van der Waals surface area contributed by atoms with Crippen molar-refractivity contribution >= 4 is 5.91 Å². The van der Waals surface area contributed by atoms with Crippen LogP contribution in [-0.2, 0) is 4.79 Å². The SMILES string of the molecule is CC(C)CCCC(C)[C@H]1CC[C@H]2[C@@H]3CC=C4C[C@@H](O)CC[C@]4(C)[C@H]3CC[C@]12C.NCCCCC(N)C(N)=O. The first kappa shape index (κ1) is 31.6. The Balaban J connectivity index is 0.000000342. The van der Waals surface area contributed by atoms with Crippen molar-refractivity contribution in [3.63, 3.8) is 0 Å². The zero-order valence-electron chi connectivity index (χ0n) is 25.4. The van der Waals surface area contributed by atoms with E-state index in [0.29, 0.717) is 23.8 Å². The van der Waals surface area contributed by atoms with Crippen LogP contribution in [0.1, 0.15) is 125 Å². The lowest BCUT2D eigenvalue weighted by Crippen LogP contribution is -2.50. The Bertz CT molecular complexity index is 797. The van der Waals surface area contributed by atoms with E-state index >= 15 is 0 Å². The molecule has 4 aliphatic carbocycles. The molecule has 220 valence electrons. The van der Waals surface area contributed by atoms with Crippen LogP contribution in [0, 0.1) is 46.3 Å². The second-order valence-corrected chi connectivity index (χ2v) is 14.5. The summed E-state index contributed by atoms with van der Waals surface area (Å²) >= 11 is 0. The molecule has 0 bridgehead atoms. The molecular weight excluding hydrogens is 470 g/mol. The fourth-order valence-corrected chi connectivity index (χ4v) is 9.32. The van der Waals surface area contributed by atoms with Crippen molar-refractivity contribution in [1.29, 1.82) is 0 Å². The minimum absolute atomic E-state index is 0.0766. The van der Waals surface area contributed by atoms with E-state index in [-0.39, 0.29) is 6.10 Å². The van der Waals surface area contributed by atoms with Crippen LogP contribution in [0.4, 0.5) is 0 Å². The molecule has 0 saturated heterocycles. The molecule has 38 heavy (non-hydrogen) atoms. The Morgan fingerprint density at radius 2 is 1.74 bits per heavy atom. The van der Waals surface area contributed by atoms with E-state index < -0.39 is 11.9 Å². The van der Waals surface area contributed by atoms with Crippen molar-refractivity contribution in [2.45, 2.75) is 137 Å². The molecule has 7 N–H and O–H groups in total. The summed E-state index contributed by atoms with van der Waals surface area (Å²) in [5.41, 5.74) is 18.1. The number of hydrogen-bond donors (Lipinski definition) is 4. The lowest BCUT2D eigenvalue weighted by molar-refractivity contribution is -0.119. The highest BCUT2D eigenvalue weighted by atomic mass is 16.3. The number of primary amides is 1. The maximum Gasteiger partial charge on any atom is 0.234 e. The number of hydrogen-bond acceptors (Lipinski definition) is 4. The van der Waals surface area contributed by atoms with E-state index in [0.717, 1.165) is 61.2 Å². The zero-order chi connectivity index (χ0) is 28.1. The summed E-state index contributed by atoms with van der Waals surface area (Å²) < 4.78 is 0. The minimum Gasteiger partial charge on any atom is -0.393 e. The number of aliphatic hydroxyl groups excluding tert-OH is 1. The Morgan fingerprint density at radius 3 is 2.39 bits per heavy atom. The second kappa shape index (κ2) is 13.6. The van der Waals surface area contributed by atoms with Crippen LogP contribution in [0.3, 0.4) is 0 Å². The van der Waals surface area contributed by atoms with Gasteiger partial charge in [-0.15, -0.1) is 0 Å². The zero-order valence-corrected chi connectivity index (χ0v) is 25.4. The first-order valence-corrected chi connectivity index (χ1v) is 16.1. The Kier molecular flexibility index (Phi) is 11.3. The van der Waals surface area contributed by atoms with Crippen LogP contribution in [0.25, 0.3) is 0 Å². The molecule has 0 aliphatic heterocycles. The van der Waals surface area contributed by atoms with E-state index in [1.54, 1.807) is 5.57 Å². The summed E-state index contributed by atoms with van der Waals surface area (Å²) in [4.78, 5) is 10.4. The first-order chi connectivity index (χ1) is 17.9. The number of rotatable bonds is 10. The summed E-state index contributed by atoms with van der Waals surface area (Å²) in [7, 11) is 0. The van der Waals surface area contributed by atoms with E-state index in [1.165, 1.54) is 57.8 Å². The third kappa shape index (κ3) is 7.04. The van der Waals surface area contributed by atoms with Gasteiger partial charge in [-0.25, -0.2) is 0 Å². The van der Waals surface area contributed by atoms with Gasteiger partial charge in [-0.3, -0.25) is 4.79 Å². The number of allylic oxidation sites excluding steroid dienone is 1. The molecule has 0 aromatic rings. The third-order valence-corrected chi connectivity index (χ3v) is 11.6. The summed E-state index contributed by atoms with van der Waals surface area (Å²) in [6.07, 6.45) is 19.6. The highest BCUT2D eigenvalue weighted by Crippen LogP contribution is 2.67. The average Bonchev–Trinajstić information content (AvgIpc) is 3.22. The number of carbonyl (C=O) groups excluding carboxylic acids is 1. The topological polar surface area (TPSA) is 115 Å². The van der Waals surface area contributed by atoms with Crippen LogP contribution >= 0.6 is 0 Å². The lowest BCUT2D eigenvalue weighted by Gasteiger charge is -2.58. The first-order valence-electron chi connectivity index (χ1n) is 16.1. The number of unbranched alkanes of at least 4 members (excludes halogenated alkanes) is 1. The molecule has 1 amide bonds. The van der Waals surface area contributed by atoms with Gasteiger partial charge < -0.3 is 22.3 Å². The molecule has 4 rings (SSSR count). The molecule has 0 aromatic heterocycles. The second-order valence-electron chi connectivity index (χ2n) is 14.5. The van der Waals surface area contributed by atoms with Crippen molar-refractivity contribution in [2.24, 2.45) is 63.5 Å². The van der Waals surface area contributed by atoms with Gasteiger partial charge in [0.1, 0.15) is 0 Å². The molecule has 0 radical (unpaired) electrons. The smallest absolute Gasteiger partial charge is 0.234 e. The van der Waals surface area contributed by atoms with Gasteiger partial charge in [0.25, 0.3) is 0 Å². The van der Waals surface area contributed by atoms with E-state index in [9.17, 15) is 9.90 Å². The van der Waals surface area contributed by atoms with Crippen molar-refractivity contribution in [3.05, 3.63) is 11.6 Å². The Hall–Kier alpha value is -0.910. The molecule has 9 atom stereocenters. The van der Waals surface area contributed by atoms with Crippen molar-refractivity contribution in [1.82, 2.24) is 0 Å². The monoisotopic (exact) mass is 531 g/mol. The van der Waals surface area contributed by atoms with E-state index in [4.69, 9.17) is 17.2 Å². The Labute approximate surface area is 234 Å². The van der Waals surface area contributed by atoms with Crippen LogP contribution in [0.5, 0.6) is 0 Å². The van der Waals surface area contributed by atoms with E-state index in [2.05, 4.69) is 40.7 Å². The summed E-state index contributed by atoms with van der Waals surface area (Å²) in [6.45, 7) is 13.2.